The van der Waals surface area contributed by atoms with Gasteiger partial charge in [0.05, 0.1) is 11.2 Å². The van der Waals surface area contributed by atoms with Crippen LogP contribution >= 0.6 is 0 Å². The maximum absolute atomic E-state index is 11.6. The van der Waals surface area contributed by atoms with Crippen LogP contribution in [0.3, 0.4) is 0 Å². The predicted molar refractivity (Wildman–Crippen MR) is 65.7 cm³/mol. The summed E-state index contributed by atoms with van der Waals surface area (Å²) in [6.45, 7) is 3.01. The SMILES string of the molecule is CCCS(=O)(=O)CCC1(C(=O)O)CCCNC1. The minimum absolute atomic E-state index is 0.0190. The third-order valence-electron chi connectivity index (χ3n) is 3.33. The van der Waals surface area contributed by atoms with E-state index in [4.69, 9.17) is 0 Å². The average molecular weight is 263 g/mol. The molecule has 0 aromatic rings. The fourth-order valence-corrected chi connectivity index (χ4v) is 3.76. The van der Waals surface area contributed by atoms with Gasteiger partial charge in [-0.25, -0.2) is 8.42 Å². The third-order valence-corrected chi connectivity index (χ3v) is 5.19. The molecule has 1 aliphatic heterocycles. The van der Waals surface area contributed by atoms with Crippen LogP contribution in [0.1, 0.15) is 32.6 Å². The molecule has 1 fully saturated rings. The van der Waals surface area contributed by atoms with Crippen molar-refractivity contribution in [1.82, 2.24) is 5.32 Å². The fourth-order valence-electron chi connectivity index (χ4n) is 2.23. The van der Waals surface area contributed by atoms with Crippen LogP contribution in [0, 0.1) is 5.41 Å². The van der Waals surface area contributed by atoms with E-state index in [9.17, 15) is 18.3 Å². The van der Waals surface area contributed by atoms with Crippen molar-refractivity contribution in [1.29, 1.82) is 0 Å². The van der Waals surface area contributed by atoms with Crippen LogP contribution in [-0.4, -0.2) is 44.1 Å². The first-order valence-corrected chi connectivity index (χ1v) is 7.88. The molecule has 2 N–H and O–H groups in total. The molecule has 0 spiro atoms. The Morgan fingerprint density at radius 1 is 1.41 bits per heavy atom. The molecule has 0 aromatic carbocycles. The van der Waals surface area contributed by atoms with Gasteiger partial charge < -0.3 is 10.4 Å². The zero-order valence-electron chi connectivity index (χ0n) is 10.2. The Balaban J connectivity index is 2.65. The van der Waals surface area contributed by atoms with Crippen LogP contribution in [0.25, 0.3) is 0 Å². The van der Waals surface area contributed by atoms with Gasteiger partial charge in [-0.1, -0.05) is 6.92 Å². The van der Waals surface area contributed by atoms with Crippen molar-refractivity contribution in [2.24, 2.45) is 5.41 Å². The lowest BCUT2D eigenvalue weighted by atomic mass is 9.78. The number of aliphatic carboxylic acids is 1. The Labute approximate surface area is 103 Å². The number of rotatable bonds is 6. The van der Waals surface area contributed by atoms with Gasteiger partial charge in [0.15, 0.2) is 0 Å². The van der Waals surface area contributed by atoms with Crippen LogP contribution in [0.2, 0.25) is 0 Å². The molecule has 6 heteroatoms. The molecule has 0 aliphatic carbocycles. The zero-order chi connectivity index (χ0) is 12.9. The van der Waals surface area contributed by atoms with Crippen molar-refractivity contribution in [2.75, 3.05) is 24.6 Å². The third kappa shape index (κ3) is 3.96. The van der Waals surface area contributed by atoms with Crippen molar-refractivity contribution >= 4 is 15.8 Å². The molecule has 0 amide bonds. The molecule has 1 heterocycles. The van der Waals surface area contributed by atoms with E-state index >= 15 is 0 Å². The quantitative estimate of drug-likeness (QED) is 0.735. The fraction of sp³-hybridized carbons (Fsp3) is 0.909. The summed E-state index contributed by atoms with van der Waals surface area (Å²) in [6.07, 6.45) is 2.16. The summed E-state index contributed by atoms with van der Waals surface area (Å²) >= 11 is 0. The van der Waals surface area contributed by atoms with Crippen LogP contribution in [0.5, 0.6) is 0 Å². The highest BCUT2D eigenvalue weighted by molar-refractivity contribution is 7.91. The molecule has 1 saturated heterocycles. The molecule has 17 heavy (non-hydrogen) atoms. The highest BCUT2D eigenvalue weighted by Gasteiger charge is 2.40. The van der Waals surface area contributed by atoms with E-state index in [-0.39, 0.29) is 17.9 Å². The minimum atomic E-state index is -3.09. The number of hydrogen-bond acceptors (Lipinski definition) is 4. The number of nitrogens with one attached hydrogen (secondary N) is 1. The van der Waals surface area contributed by atoms with E-state index in [1.165, 1.54) is 0 Å². The van der Waals surface area contributed by atoms with Gasteiger partial charge in [-0.3, -0.25) is 4.79 Å². The first-order chi connectivity index (χ1) is 7.92. The molecular weight excluding hydrogens is 242 g/mol. The van der Waals surface area contributed by atoms with Crippen molar-refractivity contribution in [3.63, 3.8) is 0 Å². The van der Waals surface area contributed by atoms with Crippen LogP contribution in [0.15, 0.2) is 0 Å². The zero-order valence-corrected chi connectivity index (χ0v) is 11.1. The number of sulfone groups is 1. The molecule has 5 nitrogen and oxygen atoms in total. The number of hydrogen-bond donors (Lipinski definition) is 2. The van der Waals surface area contributed by atoms with Gasteiger partial charge in [0.1, 0.15) is 9.84 Å². The van der Waals surface area contributed by atoms with E-state index in [1.54, 1.807) is 0 Å². The van der Waals surface area contributed by atoms with E-state index in [1.807, 2.05) is 6.92 Å². The number of carboxylic acid groups (broad SMARTS) is 1. The Hall–Kier alpha value is -0.620. The molecular formula is C11H21NO4S. The lowest BCUT2D eigenvalue weighted by Crippen LogP contribution is -2.46. The van der Waals surface area contributed by atoms with Crippen molar-refractivity contribution < 1.29 is 18.3 Å². The molecule has 0 radical (unpaired) electrons. The van der Waals surface area contributed by atoms with Gasteiger partial charge in [0.25, 0.3) is 0 Å². The van der Waals surface area contributed by atoms with Crippen molar-refractivity contribution in [3.05, 3.63) is 0 Å². The maximum Gasteiger partial charge on any atom is 0.310 e. The summed E-state index contributed by atoms with van der Waals surface area (Å²) in [5.74, 6) is -0.748. The van der Waals surface area contributed by atoms with Gasteiger partial charge in [0.2, 0.25) is 0 Å². The predicted octanol–water partition coefficient (Wildman–Crippen LogP) is 0.656. The van der Waals surface area contributed by atoms with Crippen LogP contribution < -0.4 is 5.32 Å². The van der Waals surface area contributed by atoms with Crippen molar-refractivity contribution in [3.8, 4) is 0 Å². The Morgan fingerprint density at radius 2 is 2.12 bits per heavy atom. The summed E-state index contributed by atoms with van der Waals surface area (Å²) < 4.78 is 23.2. The summed E-state index contributed by atoms with van der Waals surface area (Å²) in [7, 11) is -3.09. The Bertz CT molecular complexity index is 358. The molecule has 1 rings (SSSR count). The van der Waals surface area contributed by atoms with E-state index in [2.05, 4.69) is 5.32 Å². The Morgan fingerprint density at radius 3 is 2.59 bits per heavy atom. The topological polar surface area (TPSA) is 83.5 Å². The lowest BCUT2D eigenvalue weighted by molar-refractivity contribution is -0.150. The lowest BCUT2D eigenvalue weighted by Gasteiger charge is -2.33. The number of carboxylic acids is 1. The molecule has 1 unspecified atom stereocenters. The van der Waals surface area contributed by atoms with Crippen LogP contribution in [-0.2, 0) is 14.6 Å². The standard InChI is InChI=1S/C11H21NO4S/c1-2-7-17(15,16)8-5-11(10(13)14)4-3-6-12-9-11/h12H,2-9H2,1H3,(H,13,14). The van der Waals surface area contributed by atoms with Gasteiger partial charge in [-0.2, -0.15) is 0 Å². The molecule has 0 saturated carbocycles. The van der Waals surface area contributed by atoms with E-state index in [0.29, 0.717) is 19.4 Å². The molecule has 0 bridgehead atoms. The summed E-state index contributed by atoms with van der Waals surface area (Å²) in [5.41, 5.74) is -0.890. The Kier molecular flexibility index (Phi) is 4.94. The maximum atomic E-state index is 11.6. The number of piperidine rings is 1. The highest BCUT2D eigenvalue weighted by atomic mass is 32.2. The van der Waals surface area contributed by atoms with E-state index < -0.39 is 21.2 Å². The second-order valence-electron chi connectivity index (χ2n) is 4.77. The smallest absolute Gasteiger partial charge is 0.310 e. The first kappa shape index (κ1) is 14.4. The molecule has 1 atom stereocenters. The first-order valence-electron chi connectivity index (χ1n) is 6.06. The van der Waals surface area contributed by atoms with Gasteiger partial charge in [-0.15, -0.1) is 0 Å². The van der Waals surface area contributed by atoms with Gasteiger partial charge in [0, 0.05) is 12.3 Å². The van der Waals surface area contributed by atoms with E-state index in [0.717, 1.165) is 13.0 Å². The second kappa shape index (κ2) is 5.82. The second-order valence-corrected chi connectivity index (χ2v) is 7.07. The summed E-state index contributed by atoms with van der Waals surface area (Å²) in [6, 6.07) is 0. The molecule has 100 valence electrons. The van der Waals surface area contributed by atoms with Gasteiger partial charge in [-0.05, 0) is 32.2 Å². The summed E-state index contributed by atoms with van der Waals surface area (Å²) in [4.78, 5) is 11.3. The summed E-state index contributed by atoms with van der Waals surface area (Å²) in [5, 5.41) is 12.3. The largest absolute Gasteiger partial charge is 0.481 e. The molecule has 1 aliphatic rings. The highest BCUT2D eigenvalue weighted by Crippen LogP contribution is 2.31. The van der Waals surface area contributed by atoms with Gasteiger partial charge >= 0.3 is 5.97 Å². The average Bonchev–Trinajstić information content (AvgIpc) is 2.28. The van der Waals surface area contributed by atoms with Crippen LogP contribution in [0.4, 0.5) is 0 Å². The normalized spacial score (nSPS) is 25.7. The number of carbonyl (C=O) groups is 1. The molecule has 0 aromatic heterocycles. The van der Waals surface area contributed by atoms with Crippen molar-refractivity contribution in [2.45, 2.75) is 32.6 Å². The minimum Gasteiger partial charge on any atom is -0.481 e. The monoisotopic (exact) mass is 263 g/mol.